The van der Waals surface area contributed by atoms with Crippen molar-refractivity contribution >= 4 is 6.03 Å². The molecule has 1 aromatic rings. The molecule has 1 aliphatic rings. The summed E-state index contributed by atoms with van der Waals surface area (Å²) < 4.78 is 0. The minimum atomic E-state index is -0.130. The topological polar surface area (TPSA) is 68.2 Å². The molecule has 0 unspecified atom stereocenters. The smallest absolute Gasteiger partial charge is 0.315 e. The lowest BCUT2D eigenvalue weighted by molar-refractivity contribution is 0.178. The van der Waals surface area contributed by atoms with Crippen molar-refractivity contribution in [3.8, 4) is 6.07 Å². The number of hydrogen-bond acceptors (Lipinski definition) is 3. The van der Waals surface area contributed by atoms with Gasteiger partial charge in [-0.2, -0.15) is 5.26 Å². The van der Waals surface area contributed by atoms with Crippen LogP contribution in [0.15, 0.2) is 24.3 Å². The Morgan fingerprint density at radius 3 is 2.78 bits per heavy atom. The monoisotopic (exact) mass is 314 g/mol. The number of likely N-dealkylation sites (tertiary alicyclic amines) is 1. The Morgan fingerprint density at radius 1 is 1.39 bits per heavy atom. The van der Waals surface area contributed by atoms with Crippen LogP contribution in [0.4, 0.5) is 4.79 Å². The van der Waals surface area contributed by atoms with Gasteiger partial charge in [-0.05, 0) is 36.5 Å². The van der Waals surface area contributed by atoms with Crippen molar-refractivity contribution in [1.82, 2.24) is 15.5 Å². The van der Waals surface area contributed by atoms with Crippen LogP contribution in [0, 0.1) is 17.2 Å². The molecule has 124 valence electrons. The highest BCUT2D eigenvalue weighted by Crippen LogP contribution is 2.12. The van der Waals surface area contributed by atoms with Gasteiger partial charge in [0.15, 0.2) is 0 Å². The van der Waals surface area contributed by atoms with Crippen LogP contribution in [0.3, 0.4) is 0 Å². The van der Waals surface area contributed by atoms with Gasteiger partial charge in [0.2, 0.25) is 0 Å². The average molecular weight is 314 g/mol. The number of amides is 2. The van der Waals surface area contributed by atoms with Crippen LogP contribution in [-0.4, -0.2) is 36.6 Å². The molecule has 0 aliphatic carbocycles. The highest BCUT2D eigenvalue weighted by molar-refractivity contribution is 5.74. The molecule has 1 aliphatic heterocycles. The van der Waals surface area contributed by atoms with Crippen LogP contribution in [-0.2, 0) is 6.54 Å². The van der Waals surface area contributed by atoms with Gasteiger partial charge in [-0.15, -0.1) is 0 Å². The maximum absolute atomic E-state index is 12.0. The lowest BCUT2D eigenvalue weighted by atomic mass is 10.0. The fourth-order valence-electron chi connectivity index (χ4n) is 2.95. The molecule has 0 radical (unpaired) electrons. The van der Waals surface area contributed by atoms with Crippen LogP contribution in [0.2, 0.25) is 0 Å². The average Bonchev–Trinajstić information content (AvgIpc) is 2.54. The molecule has 2 amide bonds. The van der Waals surface area contributed by atoms with E-state index in [9.17, 15) is 4.79 Å². The highest BCUT2D eigenvalue weighted by atomic mass is 16.2. The van der Waals surface area contributed by atoms with Crippen molar-refractivity contribution in [2.75, 3.05) is 19.6 Å². The van der Waals surface area contributed by atoms with E-state index in [-0.39, 0.29) is 12.1 Å². The lowest BCUT2D eigenvalue weighted by Crippen LogP contribution is -2.48. The van der Waals surface area contributed by atoms with Gasteiger partial charge < -0.3 is 15.5 Å². The van der Waals surface area contributed by atoms with Crippen LogP contribution >= 0.6 is 0 Å². The van der Waals surface area contributed by atoms with Crippen LogP contribution in [0.5, 0.6) is 0 Å². The summed E-state index contributed by atoms with van der Waals surface area (Å²) in [6.07, 6.45) is 2.01. The molecule has 23 heavy (non-hydrogen) atoms. The number of rotatable bonds is 5. The number of urea groups is 1. The molecular formula is C18H26N4O. The third-order valence-electron chi connectivity index (χ3n) is 4.06. The zero-order valence-corrected chi connectivity index (χ0v) is 14.0. The van der Waals surface area contributed by atoms with Gasteiger partial charge in [0, 0.05) is 32.2 Å². The van der Waals surface area contributed by atoms with E-state index in [1.165, 1.54) is 0 Å². The predicted octanol–water partition coefficient (Wildman–Crippen LogP) is 2.48. The first-order valence-corrected chi connectivity index (χ1v) is 8.32. The summed E-state index contributed by atoms with van der Waals surface area (Å²) in [7, 11) is 0. The zero-order chi connectivity index (χ0) is 16.7. The third-order valence-corrected chi connectivity index (χ3v) is 4.06. The fraction of sp³-hybridized carbons (Fsp3) is 0.556. The number of benzene rings is 1. The molecule has 1 heterocycles. The summed E-state index contributed by atoms with van der Waals surface area (Å²) in [6, 6.07) is 9.52. The van der Waals surface area contributed by atoms with Gasteiger partial charge in [0.1, 0.15) is 0 Å². The Bertz CT molecular complexity index is 556. The SMILES string of the molecule is CC(C)CN1CCC(NC(=O)NCc2cccc(C#N)c2)CC1. The second kappa shape index (κ2) is 8.54. The summed E-state index contributed by atoms with van der Waals surface area (Å²) in [6.45, 7) is 8.14. The second-order valence-corrected chi connectivity index (χ2v) is 6.61. The number of carbonyl (C=O) groups is 1. The van der Waals surface area contributed by atoms with Gasteiger partial charge in [-0.3, -0.25) is 0 Å². The van der Waals surface area contributed by atoms with E-state index in [0.29, 0.717) is 18.0 Å². The third kappa shape index (κ3) is 5.91. The molecule has 0 atom stereocenters. The summed E-state index contributed by atoms with van der Waals surface area (Å²) in [5.41, 5.74) is 1.55. The molecule has 1 fully saturated rings. The maximum Gasteiger partial charge on any atom is 0.315 e. The maximum atomic E-state index is 12.0. The van der Waals surface area contributed by atoms with Crippen LogP contribution in [0.1, 0.15) is 37.8 Å². The van der Waals surface area contributed by atoms with E-state index in [1.54, 1.807) is 12.1 Å². The first-order valence-electron chi connectivity index (χ1n) is 8.32. The Balaban J connectivity index is 1.70. The first kappa shape index (κ1) is 17.3. The van der Waals surface area contributed by atoms with Crippen molar-refractivity contribution in [2.45, 2.75) is 39.3 Å². The number of hydrogen-bond donors (Lipinski definition) is 2. The number of nitriles is 1. The van der Waals surface area contributed by atoms with E-state index in [1.807, 2.05) is 12.1 Å². The molecule has 1 saturated heterocycles. The second-order valence-electron chi connectivity index (χ2n) is 6.61. The normalized spacial score (nSPS) is 16.1. The van der Waals surface area contributed by atoms with E-state index in [4.69, 9.17) is 5.26 Å². The van der Waals surface area contributed by atoms with E-state index in [0.717, 1.165) is 38.0 Å². The first-order chi connectivity index (χ1) is 11.1. The summed E-state index contributed by atoms with van der Waals surface area (Å²) >= 11 is 0. The van der Waals surface area contributed by atoms with Gasteiger partial charge in [-0.25, -0.2) is 4.79 Å². The fourth-order valence-corrected chi connectivity index (χ4v) is 2.95. The van der Waals surface area contributed by atoms with Gasteiger partial charge >= 0.3 is 6.03 Å². The summed E-state index contributed by atoms with van der Waals surface area (Å²) in [5.74, 6) is 0.687. The molecule has 0 saturated carbocycles. The predicted molar refractivity (Wildman–Crippen MR) is 90.8 cm³/mol. The largest absolute Gasteiger partial charge is 0.335 e. The molecule has 0 spiro atoms. The number of nitrogens with zero attached hydrogens (tertiary/aromatic N) is 2. The molecule has 2 N–H and O–H groups in total. The zero-order valence-electron chi connectivity index (χ0n) is 14.0. The molecule has 5 nitrogen and oxygen atoms in total. The molecular weight excluding hydrogens is 288 g/mol. The molecule has 0 aromatic heterocycles. The summed E-state index contributed by atoms with van der Waals surface area (Å²) in [5, 5.41) is 14.8. The van der Waals surface area contributed by atoms with Gasteiger partial charge in [0.25, 0.3) is 0 Å². The van der Waals surface area contributed by atoms with E-state index in [2.05, 4.69) is 35.5 Å². The van der Waals surface area contributed by atoms with Crippen molar-refractivity contribution in [3.05, 3.63) is 35.4 Å². The van der Waals surface area contributed by atoms with Crippen molar-refractivity contribution in [1.29, 1.82) is 5.26 Å². The van der Waals surface area contributed by atoms with Gasteiger partial charge in [-0.1, -0.05) is 26.0 Å². The van der Waals surface area contributed by atoms with Crippen molar-refractivity contribution in [2.24, 2.45) is 5.92 Å². The minimum Gasteiger partial charge on any atom is -0.335 e. The highest BCUT2D eigenvalue weighted by Gasteiger charge is 2.20. The van der Waals surface area contributed by atoms with Crippen LogP contribution < -0.4 is 10.6 Å². The Labute approximate surface area is 138 Å². The molecule has 2 rings (SSSR count). The summed E-state index contributed by atoms with van der Waals surface area (Å²) in [4.78, 5) is 14.5. The number of carbonyl (C=O) groups excluding carboxylic acids is 1. The van der Waals surface area contributed by atoms with Crippen molar-refractivity contribution < 1.29 is 4.79 Å². The van der Waals surface area contributed by atoms with E-state index < -0.39 is 0 Å². The Morgan fingerprint density at radius 2 is 2.13 bits per heavy atom. The minimum absolute atomic E-state index is 0.130. The molecule has 0 bridgehead atoms. The van der Waals surface area contributed by atoms with Crippen LogP contribution in [0.25, 0.3) is 0 Å². The molecule has 1 aromatic carbocycles. The Kier molecular flexibility index (Phi) is 6.42. The lowest BCUT2D eigenvalue weighted by Gasteiger charge is -2.33. The Hall–Kier alpha value is -2.06. The number of nitrogens with one attached hydrogen (secondary N) is 2. The van der Waals surface area contributed by atoms with Crippen molar-refractivity contribution in [3.63, 3.8) is 0 Å². The molecule has 5 heteroatoms. The quantitative estimate of drug-likeness (QED) is 0.877. The number of piperidine rings is 1. The van der Waals surface area contributed by atoms with Gasteiger partial charge in [0.05, 0.1) is 11.6 Å². The van der Waals surface area contributed by atoms with E-state index >= 15 is 0 Å². The standard InChI is InChI=1S/C18H26N4O/c1-14(2)13-22-8-6-17(7-9-22)21-18(23)20-12-16-5-3-4-15(10-16)11-19/h3-5,10,14,17H,6-9,12-13H2,1-2H3,(H2,20,21,23).